The molecule has 2 rings (SSSR count). The van der Waals surface area contributed by atoms with E-state index in [0.717, 1.165) is 5.56 Å². The lowest BCUT2D eigenvalue weighted by molar-refractivity contribution is 0.309. The van der Waals surface area contributed by atoms with Gasteiger partial charge in [0.15, 0.2) is 0 Å². The van der Waals surface area contributed by atoms with Crippen LogP contribution in [0.1, 0.15) is 26.3 Å². The molecule has 0 amide bonds. The smallest absolute Gasteiger partial charge is 0.212 e. The van der Waals surface area contributed by atoms with Crippen LogP contribution in [0.4, 0.5) is 4.39 Å². The van der Waals surface area contributed by atoms with Crippen molar-refractivity contribution in [2.45, 2.75) is 38.8 Å². The second kappa shape index (κ2) is 7.15. The van der Waals surface area contributed by atoms with Gasteiger partial charge in [0.2, 0.25) is 11.8 Å². The molecule has 4 nitrogen and oxygen atoms in total. The van der Waals surface area contributed by atoms with Crippen molar-refractivity contribution in [1.29, 1.82) is 0 Å². The highest BCUT2D eigenvalue weighted by Crippen LogP contribution is 2.28. The van der Waals surface area contributed by atoms with Crippen LogP contribution in [-0.2, 0) is 15.9 Å². The van der Waals surface area contributed by atoms with Crippen molar-refractivity contribution in [3.63, 3.8) is 0 Å². The van der Waals surface area contributed by atoms with Crippen molar-refractivity contribution >= 4 is 34.4 Å². The lowest BCUT2D eigenvalue weighted by atomic mass is 9.90. The minimum absolute atomic E-state index is 0.156. The molecule has 0 fully saturated rings. The van der Waals surface area contributed by atoms with Crippen LogP contribution in [-0.4, -0.2) is 37.6 Å². The third-order valence-corrected chi connectivity index (χ3v) is 4.77. The molecule has 0 aromatic heterocycles. The molecule has 2 atom stereocenters. The molecule has 1 aliphatic rings. The van der Waals surface area contributed by atoms with E-state index < -0.39 is 5.54 Å². The number of benzene rings is 1. The van der Waals surface area contributed by atoms with Crippen LogP contribution in [0.15, 0.2) is 28.2 Å². The van der Waals surface area contributed by atoms with E-state index in [4.69, 9.17) is 14.5 Å². The maximum Gasteiger partial charge on any atom is 0.212 e. The van der Waals surface area contributed by atoms with Crippen molar-refractivity contribution in [2.24, 2.45) is 15.9 Å². The average Bonchev–Trinajstić information content (AvgIpc) is 2.50. The van der Waals surface area contributed by atoms with Crippen LogP contribution in [0.25, 0.3) is 0 Å². The van der Waals surface area contributed by atoms with E-state index in [1.165, 1.54) is 6.07 Å². The number of halogens is 2. The molecule has 1 heterocycles. The van der Waals surface area contributed by atoms with Crippen molar-refractivity contribution in [3.8, 4) is 0 Å². The van der Waals surface area contributed by atoms with E-state index in [1.807, 2.05) is 35.6 Å². The van der Waals surface area contributed by atoms with Gasteiger partial charge >= 0.3 is 0 Å². The Morgan fingerprint density at radius 3 is 2.52 bits per heavy atom. The summed E-state index contributed by atoms with van der Waals surface area (Å²) in [7, 11) is 3.20. The van der Waals surface area contributed by atoms with Crippen LogP contribution in [0.3, 0.4) is 0 Å². The Bertz CT molecular complexity index is 645. The maximum atomic E-state index is 13.8. The molecule has 0 bridgehead atoms. The van der Waals surface area contributed by atoms with Gasteiger partial charge in [0.05, 0.1) is 14.2 Å². The Morgan fingerprint density at radius 1 is 1.30 bits per heavy atom. The fourth-order valence-corrected chi connectivity index (χ4v) is 3.05. The van der Waals surface area contributed by atoms with E-state index >= 15 is 0 Å². The molecule has 126 valence electrons. The van der Waals surface area contributed by atoms with Gasteiger partial charge in [-0.15, -0.1) is 0 Å². The number of rotatable bonds is 3. The fraction of sp³-hybridized carbons (Fsp3) is 0.529. The number of ether oxygens (including phenoxy) is 2. The van der Waals surface area contributed by atoms with Crippen molar-refractivity contribution in [2.75, 3.05) is 14.2 Å². The third-order valence-electron chi connectivity index (χ3n) is 3.89. The molecule has 0 spiro atoms. The van der Waals surface area contributed by atoms with Crippen LogP contribution in [0, 0.1) is 15.3 Å². The SMILES string of the molecule is COC1=N[C@@](C)(Cc2ccc(I)c(F)c2)C(OC)=N[C@@H]1C(C)C. The number of methoxy groups -OCH3 is 2. The quantitative estimate of drug-likeness (QED) is 0.681. The molecule has 1 aliphatic heterocycles. The number of nitrogens with zero attached hydrogens (tertiary/aromatic N) is 2. The molecule has 0 aliphatic carbocycles. The van der Waals surface area contributed by atoms with Gasteiger partial charge in [0, 0.05) is 9.99 Å². The fourth-order valence-electron chi connectivity index (χ4n) is 2.71. The first-order valence-electron chi connectivity index (χ1n) is 7.50. The van der Waals surface area contributed by atoms with Crippen molar-refractivity contribution in [1.82, 2.24) is 0 Å². The Hall–Kier alpha value is -1.18. The predicted octanol–water partition coefficient (Wildman–Crippen LogP) is 3.86. The van der Waals surface area contributed by atoms with Crippen LogP contribution in [0.2, 0.25) is 0 Å². The van der Waals surface area contributed by atoms with Crippen LogP contribution >= 0.6 is 22.6 Å². The van der Waals surface area contributed by atoms with Crippen molar-refractivity contribution in [3.05, 3.63) is 33.1 Å². The molecule has 0 unspecified atom stereocenters. The Kier molecular flexibility index (Phi) is 5.65. The van der Waals surface area contributed by atoms with E-state index in [1.54, 1.807) is 20.3 Å². The van der Waals surface area contributed by atoms with Crippen molar-refractivity contribution < 1.29 is 13.9 Å². The van der Waals surface area contributed by atoms with Gasteiger partial charge in [-0.05, 0) is 53.1 Å². The minimum Gasteiger partial charge on any atom is -0.483 e. The van der Waals surface area contributed by atoms with Gasteiger partial charge in [0.1, 0.15) is 17.4 Å². The summed E-state index contributed by atoms with van der Waals surface area (Å²) in [5, 5.41) is 0. The first-order valence-corrected chi connectivity index (χ1v) is 8.58. The summed E-state index contributed by atoms with van der Waals surface area (Å²) < 4.78 is 25.4. The molecule has 1 aromatic rings. The molecule has 23 heavy (non-hydrogen) atoms. The highest BCUT2D eigenvalue weighted by molar-refractivity contribution is 14.1. The lowest BCUT2D eigenvalue weighted by Gasteiger charge is -2.33. The third kappa shape index (κ3) is 3.84. The molecule has 0 saturated heterocycles. The van der Waals surface area contributed by atoms with E-state index in [2.05, 4.69) is 18.8 Å². The van der Waals surface area contributed by atoms with E-state index in [0.29, 0.717) is 21.8 Å². The second-order valence-electron chi connectivity index (χ2n) is 6.18. The maximum absolute atomic E-state index is 13.8. The first-order chi connectivity index (χ1) is 10.8. The predicted molar refractivity (Wildman–Crippen MR) is 98.7 cm³/mol. The normalized spacial score (nSPS) is 24.3. The average molecular weight is 432 g/mol. The van der Waals surface area contributed by atoms with Crippen LogP contribution < -0.4 is 0 Å². The van der Waals surface area contributed by atoms with E-state index in [9.17, 15) is 4.39 Å². The van der Waals surface area contributed by atoms with Crippen LogP contribution in [0.5, 0.6) is 0 Å². The molecular weight excluding hydrogens is 410 g/mol. The van der Waals surface area contributed by atoms with Gasteiger partial charge in [-0.3, -0.25) is 0 Å². The second-order valence-corrected chi connectivity index (χ2v) is 7.34. The largest absolute Gasteiger partial charge is 0.483 e. The highest BCUT2D eigenvalue weighted by atomic mass is 127. The van der Waals surface area contributed by atoms with Gasteiger partial charge in [-0.25, -0.2) is 14.4 Å². The monoisotopic (exact) mass is 432 g/mol. The zero-order valence-corrected chi connectivity index (χ0v) is 16.2. The molecule has 0 N–H and O–H groups in total. The summed E-state index contributed by atoms with van der Waals surface area (Å²) in [5.74, 6) is 1.17. The summed E-state index contributed by atoms with van der Waals surface area (Å²) >= 11 is 1.97. The summed E-state index contributed by atoms with van der Waals surface area (Å²) in [6.07, 6.45) is 0.491. The standard InChI is InChI=1S/C17H22FIN2O2/c1-10(2)14-15(22-4)21-17(3,16(20-14)23-5)9-11-6-7-13(19)12(18)8-11/h6-8,10,14H,9H2,1-5H3/t14-,17+/m1/s1. The summed E-state index contributed by atoms with van der Waals surface area (Å²) in [4.78, 5) is 9.43. The first kappa shape index (κ1) is 18.2. The van der Waals surface area contributed by atoms with Gasteiger partial charge in [-0.2, -0.15) is 0 Å². The summed E-state index contributed by atoms with van der Waals surface area (Å²) in [6.45, 7) is 6.06. The van der Waals surface area contributed by atoms with Gasteiger partial charge in [0.25, 0.3) is 0 Å². The molecule has 0 radical (unpaired) electrons. The van der Waals surface area contributed by atoms with Gasteiger partial charge < -0.3 is 9.47 Å². The lowest BCUT2D eigenvalue weighted by Crippen LogP contribution is -2.46. The Morgan fingerprint density at radius 2 is 2.00 bits per heavy atom. The molecule has 0 saturated carbocycles. The molecule has 1 aromatic carbocycles. The zero-order valence-electron chi connectivity index (χ0n) is 14.1. The number of hydrogen-bond acceptors (Lipinski definition) is 4. The molecule has 6 heteroatoms. The van der Waals surface area contributed by atoms with Gasteiger partial charge in [-0.1, -0.05) is 19.9 Å². The highest BCUT2D eigenvalue weighted by Gasteiger charge is 2.39. The topological polar surface area (TPSA) is 43.2 Å². The van der Waals surface area contributed by atoms with E-state index in [-0.39, 0.29) is 17.8 Å². The summed E-state index contributed by atoms with van der Waals surface area (Å²) in [5.41, 5.74) is 0.141. The number of hydrogen-bond donors (Lipinski definition) is 0. The number of aliphatic imine (C=N–C) groups is 2. The Labute approximate surface area is 150 Å². The summed E-state index contributed by atoms with van der Waals surface area (Å²) in [6, 6.07) is 5.05. The molecular formula is C17H22FIN2O2. The zero-order chi connectivity index (χ0) is 17.2. The Balaban J connectivity index is 2.39. The minimum atomic E-state index is -0.704.